The number of hydrogen-bond acceptors (Lipinski definition) is 6. The zero-order chi connectivity index (χ0) is 27.6. The fraction of sp³-hybridized carbons (Fsp3) is 0.393. The standard InChI is InChI=1S/C28H30F3N5O2S/c1-17-13-20(29)5-8-22(17)39-28(9-10-28)23-14-25(36-11-12-38-16-18(36)2)35-26(34-23)19-3-6-21(7-4-19)33-27(37)32-15-24(30)31/h3-8,13-14,18,24H,9-12,15-16H2,1-2H3,(H2,32,33,37)/t18-/m0/s1. The second kappa shape index (κ2) is 11.4. The Morgan fingerprint density at radius 2 is 1.95 bits per heavy atom. The Balaban J connectivity index is 1.45. The number of aromatic nitrogens is 2. The number of aryl methyl sites for hydroxylation is 1. The molecule has 3 aromatic rings. The summed E-state index contributed by atoms with van der Waals surface area (Å²) in [5, 5.41) is 4.67. The predicted octanol–water partition coefficient (Wildman–Crippen LogP) is 5.98. The normalized spacial score (nSPS) is 18.2. The molecule has 5 rings (SSSR count). The van der Waals surface area contributed by atoms with Crippen LogP contribution in [0, 0.1) is 12.7 Å². The maximum absolute atomic E-state index is 13.7. The topological polar surface area (TPSA) is 79.4 Å². The number of alkyl halides is 2. The van der Waals surface area contributed by atoms with Crippen molar-refractivity contribution in [1.82, 2.24) is 15.3 Å². The molecule has 2 aromatic carbocycles. The molecule has 1 aliphatic heterocycles. The van der Waals surface area contributed by atoms with E-state index in [1.54, 1.807) is 42.1 Å². The smallest absolute Gasteiger partial charge is 0.319 e. The molecule has 0 bridgehead atoms. The van der Waals surface area contributed by atoms with E-state index in [1.165, 1.54) is 6.07 Å². The van der Waals surface area contributed by atoms with Gasteiger partial charge in [0.1, 0.15) is 11.6 Å². The van der Waals surface area contributed by atoms with Crippen molar-refractivity contribution in [2.75, 3.05) is 36.5 Å². The van der Waals surface area contributed by atoms with Crippen molar-refractivity contribution in [2.45, 2.75) is 48.8 Å². The van der Waals surface area contributed by atoms with E-state index in [1.807, 2.05) is 13.0 Å². The first-order chi connectivity index (χ1) is 18.7. The molecular formula is C28H30F3N5O2S. The summed E-state index contributed by atoms with van der Waals surface area (Å²) in [6, 6.07) is 13.3. The molecule has 7 nitrogen and oxygen atoms in total. The molecule has 2 fully saturated rings. The lowest BCUT2D eigenvalue weighted by molar-refractivity contribution is 0.0985. The number of nitrogens with zero attached hydrogens (tertiary/aromatic N) is 3. The Kier molecular flexibility index (Phi) is 7.99. The summed E-state index contributed by atoms with van der Waals surface area (Å²) in [6.07, 6.45) is -0.731. The Hall–Kier alpha value is -3.31. The molecule has 1 saturated carbocycles. The van der Waals surface area contributed by atoms with E-state index in [9.17, 15) is 18.0 Å². The van der Waals surface area contributed by atoms with Crippen molar-refractivity contribution < 1.29 is 22.7 Å². The largest absolute Gasteiger partial charge is 0.377 e. The third-order valence-corrected chi connectivity index (χ3v) is 8.49. The molecule has 1 atom stereocenters. The first-order valence-electron chi connectivity index (χ1n) is 12.8. The molecule has 0 spiro atoms. The van der Waals surface area contributed by atoms with Crippen LogP contribution < -0.4 is 15.5 Å². The Bertz CT molecular complexity index is 1340. The van der Waals surface area contributed by atoms with E-state index < -0.39 is 19.0 Å². The zero-order valence-electron chi connectivity index (χ0n) is 21.7. The van der Waals surface area contributed by atoms with Crippen LogP contribution in [-0.4, -0.2) is 54.8 Å². The van der Waals surface area contributed by atoms with Gasteiger partial charge in [0.15, 0.2) is 5.82 Å². The first kappa shape index (κ1) is 27.3. The number of carbonyl (C=O) groups is 1. The van der Waals surface area contributed by atoms with Crippen molar-refractivity contribution in [3.63, 3.8) is 0 Å². The van der Waals surface area contributed by atoms with E-state index in [4.69, 9.17) is 14.7 Å². The summed E-state index contributed by atoms with van der Waals surface area (Å²) in [5.41, 5.74) is 3.03. The molecule has 0 radical (unpaired) electrons. The van der Waals surface area contributed by atoms with Crippen LogP contribution in [0.25, 0.3) is 11.4 Å². The van der Waals surface area contributed by atoms with Gasteiger partial charge in [0.25, 0.3) is 6.43 Å². The van der Waals surface area contributed by atoms with Gasteiger partial charge in [-0.05, 0) is 74.7 Å². The van der Waals surface area contributed by atoms with Gasteiger partial charge in [0, 0.05) is 28.8 Å². The quantitative estimate of drug-likeness (QED) is 0.355. The lowest BCUT2D eigenvalue weighted by Gasteiger charge is -2.34. The van der Waals surface area contributed by atoms with Gasteiger partial charge in [0.2, 0.25) is 0 Å². The molecular weight excluding hydrogens is 527 g/mol. The summed E-state index contributed by atoms with van der Waals surface area (Å²) < 4.78 is 43.9. The number of anilines is 2. The Morgan fingerprint density at radius 3 is 2.62 bits per heavy atom. The molecule has 1 saturated heterocycles. The van der Waals surface area contributed by atoms with E-state index in [-0.39, 0.29) is 16.6 Å². The number of morpholine rings is 1. The average Bonchev–Trinajstić information content (AvgIpc) is 3.70. The highest BCUT2D eigenvalue weighted by molar-refractivity contribution is 8.00. The number of benzene rings is 2. The lowest BCUT2D eigenvalue weighted by Crippen LogP contribution is -2.44. The van der Waals surface area contributed by atoms with Crippen LogP contribution in [0.3, 0.4) is 0 Å². The zero-order valence-corrected chi connectivity index (χ0v) is 22.5. The molecule has 39 heavy (non-hydrogen) atoms. The van der Waals surface area contributed by atoms with Gasteiger partial charge in [-0.15, -0.1) is 11.8 Å². The summed E-state index contributed by atoms with van der Waals surface area (Å²) >= 11 is 1.71. The fourth-order valence-corrected chi connectivity index (χ4v) is 5.81. The second-order valence-corrected chi connectivity index (χ2v) is 11.3. The van der Waals surface area contributed by atoms with Gasteiger partial charge in [-0.25, -0.2) is 27.9 Å². The van der Waals surface area contributed by atoms with E-state index in [0.29, 0.717) is 31.3 Å². The Morgan fingerprint density at radius 1 is 1.18 bits per heavy atom. The van der Waals surface area contributed by atoms with Gasteiger partial charge >= 0.3 is 6.03 Å². The lowest BCUT2D eigenvalue weighted by atomic mass is 10.1. The number of halogens is 3. The summed E-state index contributed by atoms with van der Waals surface area (Å²) in [7, 11) is 0. The third kappa shape index (κ3) is 6.47. The van der Waals surface area contributed by atoms with E-state index in [0.717, 1.165) is 40.4 Å². The molecule has 2 heterocycles. The van der Waals surface area contributed by atoms with E-state index >= 15 is 0 Å². The molecule has 2 amide bonds. The van der Waals surface area contributed by atoms with Crippen molar-refractivity contribution in [2.24, 2.45) is 0 Å². The van der Waals surface area contributed by atoms with Crippen LogP contribution in [0.4, 0.5) is 29.5 Å². The minimum Gasteiger partial charge on any atom is -0.377 e. The maximum Gasteiger partial charge on any atom is 0.319 e. The number of rotatable bonds is 8. The predicted molar refractivity (Wildman–Crippen MR) is 146 cm³/mol. The second-order valence-electron chi connectivity index (χ2n) is 9.86. The van der Waals surface area contributed by atoms with Crippen molar-refractivity contribution in [3.8, 4) is 11.4 Å². The highest BCUT2D eigenvalue weighted by Crippen LogP contribution is 2.59. The SMILES string of the molecule is Cc1cc(F)ccc1SC1(c2cc(N3CCOC[C@@H]3C)nc(-c3ccc(NC(=O)NCC(F)F)cc3)n2)CC1. The summed E-state index contributed by atoms with van der Waals surface area (Å²) in [5.74, 6) is 1.12. The van der Waals surface area contributed by atoms with Crippen molar-refractivity contribution in [3.05, 3.63) is 65.6 Å². The average molecular weight is 558 g/mol. The van der Waals surface area contributed by atoms with Crippen LogP contribution in [0.15, 0.2) is 53.4 Å². The highest BCUT2D eigenvalue weighted by atomic mass is 32.2. The molecule has 11 heteroatoms. The van der Waals surface area contributed by atoms with Crippen LogP contribution >= 0.6 is 11.8 Å². The third-order valence-electron chi connectivity index (χ3n) is 6.81. The Labute approximate surface area is 229 Å². The maximum atomic E-state index is 13.7. The van der Waals surface area contributed by atoms with Gasteiger partial charge < -0.3 is 20.3 Å². The van der Waals surface area contributed by atoms with Crippen LogP contribution in [0.5, 0.6) is 0 Å². The van der Waals surface area contributed by atoms with Gasteiger partial charge in [-0.2, -0.15) is 0 Å². The van der Waals surface area contributed by atoms with Gasteiger partial charge in [-0.3, -0.25) is 0 Å². The number of nitrogens with one attached hydrogen (secondary N) is 2. The van der Waals surface area contributed by atoms with Crippen molar-refractivity contribution >= 4 is 29.3 Å². The van der Waals surface area contributed by atoms with Crippen molar-refractivity contribution in [1.29, 1.82) is 0 Å². The van der Waals surface area contributed by atoms with E-state index in [2.05, 4.69) is 28.5 Å². The monoisotopic (exact) mass is 557 g/mol. The number of amides is 2. The molecule has 1 aromatic heterocycles. The molecule has 0 unspecified atom stereocenters. The van der Waals surface area contributed by atoms with Gasteiger partial charge in [-0.1, -0.05) is 0 Å². The first-order valence-corrected chi connectivity index (χ1v) is 13.7. The number of hydrogen-bond donors (Lipinski definition) is 2. The van der Waals surface area contributed by atoms with Crippen LogP contribution in [0.1, 0.15) is 31.0 Å². The van der Waals surface area contributed by atoms with Gasteiger partial charge in [0.05, 0.1) is 36.2 Å². The number of thioether (sulfide) groups is 1. The van der Waals surface area contributed by atoms with Crippen LogP contribution in [-0.2, 0) is 9.48 Å². The van der Waals surface area contributed by atoms with Crippen LogP contribution in [0.2, 0.25) is 0 Å². The summed E-state index contributed by atoms with van der Waals surface area (Å²) in [6.45, 7) is 5.23. The highest BCUT2D eigenvalue weighted by Gasteiger charge is 2.48. The molecule has 2 aliphatic rings. The molecule has 206 valence electrons. The molecule has 1 aliphatic carbocycles. The summed E-state index contributed by atoms with van der Waals surface area (Å²) in [4.78, 5) is 25.0. The fourth-order valence-electron chi connectivity index (χ4n) is 4.52. The number of ether oxygens (including phenoxy) is 1. The minimum absolute atomic E-state index is 0.148. The number of carbonyl (C=O) groups excluding carboxylic acids is 1. The molecule has 2 N–H and O–H groups in total. The minimum atomic E-state index is -2.62. The number of urea groups is 1.